The molecule has 49 heavy (non-hydrogen) atoms. The number of ether oxygens (including phenoxy) is 1. The molecule has 6 rings (SSSR count). The van der Waals surface area contributed by atoms with Crippen molar-refractivity contribution in [2.24, 2.45) is 46.3 Å². The molecule has 0 heterocycles. The molecular formula is C41H56N2O6. The highest BCUT2D eigenvalue weighted by Crippen LogP contribution is 2.68. The molecule has 4 saturated carbocycles. The van der Waals surface area contributed by atoms with Crippen LogP contribution in [0.4, 0.5) is 0 Å². The maximum atomic E-state index is 12.9. The highest BCUT2D eigenvalue weighted by Gasteiger charge is 2.62. The van der Waals surface area contributed by atoms with E-state index >= 15 is 0 Å². The van der Waals surface area contributed by atoms with Gasteiger partial charge in [0, 0.05) is 25.1 Å². The minimum atomic E-state index is -0.396. The van der Waals surface area contributed by atoms with Gasteiger partial charge in [-0.05, 0) is 140 Å². The number of carbonyl (C=O) groups is 3. The number of hydrogen-bond donors (Lipinski definition) is 4. The topological polar surface area (TPSA) is 125 Å². The summed E-state index contributed by atoms with van der Waals surface area (Å²) in [6.45, 7) is 8.04. The molecule has 10 atom stereocenters. The maximum absolute atomic E-state index is 12.9. The van der Waals surface area contributed by atoms with Crippen LogP contribution in [0, 0.1) is 46.3 Å². The zero-order valence-corrected chi connectivity index (χ0v) is 29.8. The first kappa shape index (κ1) is 35.6. The molecule has 0 saturated heterocycles. The SMILES string of the molecule is COC(=O)c1ccc(CNC(=O)c2ccc(CNC(=O)CC[C@@H](C)[C@H]3CC[C@H]4[C@@H]5[C@@H](O)C[C@@H]6C[C@H](O)CC[C@]6(C)[C@H]5CC[C@]34C)cc2)cc1. The van der Waals surface area contributed by atoms with Gasteiger partial charge in [-0.25, -0.2) is 4.79 Å². The van der Waals surface area contributed by atoms with E-state index in [2.05, 4.69) is 31.4 Å². The van der Waals surface area contributed by atoms with Crippen molar-refractivity contribution in [1.29, 1.82) is 0 Å². The van der Waals surface area contributed by atoms with Crippen LogP contribution in [0.5, 0.6) is 0 Å². The third kappa shape index (κ3) is 7.18. The number of benzene rings is 2. The largest absolute Gasteiger partial charge is 0.465 e. The van der Waals surface area contributed by atoms with Crippen LogP contribution in [-0.4, -0.2) is 47.3 Å². The molecule has 4 aliphatic carbocycles. The van der Waals surface area contributed by atoms with Gasteiger partial charge in [-0.2, -0.15) is 0 Å². The molecule has 4 N–H and O–H groups in total. The standard InChI is InChI=1S/C41H56N2O6/c1-25(32-14-15-33-37-34(18-20-41(32,33)3)40(2)19-17-31(44)21-30(40)22-35(37)45)5-16-36(46)42-23-26-6-10-28(11-7-26)38(47)43-24-27-8-12-29(13-9-27)39(48)49-4/h6-13,25,30-35,37,44-45H,5,14-24H2,1-4H3,(H,42,46)(H,43,47)/t25-,30+,31-,32-,33+,34+,35+,37+,40+,41-/m1/s1. The smallest absolute Gasteiger partial charge is 0.337 e. The lowest BCUT2D eigenvalue weighted by molar-refractivity contribution is -0.174. The monoisotopic (exact) mass is 672 g/mol. The van der Waals surface area contributed by atoms with E-state index in [0.717, 1.165) is 43.2 Å². The van der Waals surface area contributed by atoms with Gasteiger partial charge in [0.15, 0.2) is 0 Å². The van der Waals surface area contributed by atoms with E-state index in [0.29, 0.717) is 66.1 Å². The summed E-state index contributed by atoms with van der Waals surface area (Å²) in [6, 6.07) is 14.2. The first-order valence-corrected chi connectivity index (χ1v) is 18.6. The highest BCUT2D eigenvalue weighted by atomic mass is 16.5. The third-order valence-corrected chi connectivity index (χ3v) is 13.8. The lowest BCUT2D eigenvalue weighted by atomic mass is 9.43. The van der Waals surface area contributed by atoms with Crippen LogP contribution in [0.1, 0.15) is 117 Å². The average molecular weight is 673 g/mol. The van der Waals surface area contributed by atoms with Crippen LogP contribution < -0.4 is 10.6 Å². The Labute approximate surface area is 291 Å². The van der Waals surface area contributed by atoms with Crippen molar-refractivity contribution in [2.45, 2.75) is 110 Å². The quantitative estimate of drug-likeness (QED) is 0.216. The summed E-state index contributed by atoms with van der Waals surface area (Å²) in [4.78, 5) is 37.2. The zero-order valence-electron chi connectivity index (χ0n) is 29.8. The second-order valence-corrected chi connectivity index (χ2v) is 16.3. The number of rotatable bonds is 10. The van der Waals surface area contributed by atoms with Crippen molar-refractivity contribution in [3.05, 3.63) is 70.8 Å². The van der Waals surface area contributed by atoms with Gasteiger partial charge in [-0.1, -0.05) is 45.0 Å². The Morgan fingerprint density at radius 2 is 1.43 bits per heavy atom. The zero-order chi connectivity index (χ0) is 34.9. The summed E-state index contributed by atoms with van der Waals surface area (Å²) in [7, 11) is 1.34. The van der Waals surface area contributed by atoms with Crippen molar-refractivity contribution in [1.82, 2.24) is 10.6 Å². The third-order valence-electron chi connectivity index (χ3n) is 13.8. The molecule has 8 heteroatoms. The predicted octanol–water partition coefficient (Wildman–Crippen LogP) is 6.43. The van der Waals surface area contributed by atoms with Crippen LogP contribution in [0.3, 0.4) is 0 Å². The highest BCUT2D eigenvalue weighted by molar-refractivity contribution is 5.94. The van der Waals surface area contributed by atoms with Crippen molar-refractivity contribution in [3.8, 4) is 0 Å². The van der Waals surface area contributed by atoms with Gasteiger partial charge in [0.05, 0.1) is 24.9 Å². The van der Waals surface area contributed by atoms with E-state index in [1.807, 2.05) is 12.1 Å². The normalized spacial score (nSPS) is 34.1. The number of nitrogens with one attached hydrogen (secondary N) is 2. The summed E-state index contributed by atoms with van der Waals surface area (Å²) in [5.74, 6) is 2.35. The van der Waals surface area contributed by atoms with Gasteiger partial charge in [0.2, 0.25) is 5.91 Å². The molecule has 2 amide bonds. The first-order valence-electron chi connectivity index (χ1n) is 18.6. The minimum absolute atomic E-state index is 0.0523. The van der Waals surface area contributed by atoms with Crippen LogP contribution in [0.15, 0.2) is 48.5 Å². The van der Waals surface area contributed by atoms with E-state index in [1.54, 1.807) is 36.4 Å². The number of aliphatic hydroxyl groups is 2. The summed E-state index contributed by atoms with van der Waals surface area (Å²) in [5, 5.41) is 27.9. The van der Waals surface area contributed by atoms with E-state index in [9.17, 15) is 24.6 Å². The predicted molar refractivity (Wildman–Crippen MR) is 188 cm³/mol. The molecule has 4 aliphatic rings. The average Bonchev–Trinajstić information content (AvgIpc) is 3.46. The number of hydrogen-bond acceptors (Lipinski definition) is 6. The van der Waals surface area contributed by atoms with Crippen LogP contribution in [-0.2, 0) is 22.6 Å². The number of aliphatic hydroxyl groups excluding tert-OH is 2. The van der Waals surface area contributed by atoms with Gasteiger partial charge in [0.25, 0.3) is 5.91 Å². The van der Waals surface area contributed by atoms with Gasteiger partial charge in [0.1, 0.15) is 0 Å². The summed E-state index contributed by atoms with van der Waals surface area (Å²) in [5.41, 5.74) is 3.26. The molecule has 0 radical (unpaired) electrons. The number of esters is 1. The lowest BCUT2D eigenvalue weighted by Gasteiger charge is -2.62. The Morgan fingerprint density at radius 3 is 2.10 bits per heavy atom. The molecule has 2 aromatic rings. The second-order valence-electron chi connectivity index (χ2n) is 16.3. The summed E-state index contributed by atoms with van der Waals surface area (Å²) < 4.78 is 4.72. The molecule has 0 aliphatic heterocycles. The van der Waals surface area contributed by atoms with Crippen molar-refractivity contribution in [3.63, 3.8) is 0 Å². The summed E-state index contributed by atoms with van der Waals surface area (Å²) >= 11 is 0. The molecular weight excluding hydrogens is 616 g/mol. The minimum Gasteiger partial charge on any atom is -0.465 e. The molecule has 0 spiro atoms. The van der Waals surface area contributed by atoms with Crippen molar-refractivity contribution in [2.75, 3.05) is 7.11 Å². The van der Waals surface area contributed by atoms with E-state index in [1.165, 1.54) is 32.8 Å². The van der Waals surface area contributed by atoms with Crippen molar-refractivity contribution >= 4 is 17.8 Å². The van der Waals surface area contributed by atoms with Gasteiger partial charge >= 0.3 is 5.97 Å². The number of carbonyl (C=O) groups excluding carboxylic acids is 3. The van der Waals surface area contributed by atoms with Crippen LogP contribution in [0.2, 0.25) is 0 Å². The van der Waals surface area contributed by atoms with Crippen molar-refractivity contribution < 1.29 is 29.3 Å². The Balaban J connectivity index is 0.954. The van der Waals surface area contributed by atoms with Crippen LogP contribution in [0.25, 0.3) is 0 Å². The lowest BCUT2D eigenvalue weighted by Crippen LogP contribution is -2.58. The Hall–Kier alpha value is -3.23. The fourth-order valence-electron chi connectivity index (χ4n) is 11.0. The Bertz CT molecular complexity index is 1490. The maximum Gasteiger partial charge on any atom is 0.337 e. The Morgan fingerprint density at radius 1 is 0.816 bits per heavy atom. The van der Waals surface area contributed by atoms with Gasteiger partial charge in [-0.15, -0.1) is 0 Å². The molecule has 0 unspecified atom stereocenters. The molecule has 2 aromatic carbocycles. The fourth-order valence-corrected chi connectivity index (χ4v) is 11.0. The Kier molecular flexibility index (Phi) is 10.6. The number of fused-ring (bicyclic) bond motifs is 5. The molecule has 8 nitrogen and oxygen atoms in total. The number of methoxy groups -OCH3 is 1. The first-order chi connectivity index (χ1) is 23.4. The summed E-state index contributed by atoms with van der Waals surface area (Å²) in [6.07, 6.45) is 9.30. The molecule has 0 aromatic heterocycles. The van der Waals surface area contributed by atoms with E-state index < -0.39 is 5.97 Å². The van der Waals surface area contributed by atoms with E-state index in [-0.39, 0.29) is 34.9 Å². The fraction of sp³-hybridized carbons (Fsp3) is 0.634. The van der Waals surface area contributed by atoms with Gasteiger partial charge in [-0.3, -0.25) is 9.59 Å². The van der Waals surface area contributed by atoms with E-state index in [4.69, 9.17) is 4.74 Å². The molecule has 0 bridgehead atoms. The van der Waals surface area contributed by atoms with Gasteiger partial charge < -0.3 is 25.6 Å². The molecule has 4 fully saturated rings. The number of amides is 2. The molecule has 266 valence electrons. The van der Waals surface area contributed by atoms with Crippen LogP contribution >= 0.6 is 0 Å². The second kappa shape index (κ2) is 14.6.